The summed E-state index contributed by atoms with van der Waals surface area (Å²) in [5.74, 6) is -1.52. The number of hydrogen-bond acceptors (Lipinski definition) is 4. The summed E-state index contributed by atoms with van der Waals surface area (Å²) in [6.45, 7) is 1.50. The number of nitrogens with zero attached hydrogens (tertiary/aromatic N) is 1. The quantitative estimate of drug-likeness (QED) is 0.687. The summed E-state index contributed by atoms with van der Waals surface area (Å²) in [6.07, 6.45) is 0.953. The maximum atomic E-state index is 12.1. The van der Waals surface area contributed by atoms with Crippen LogP contribution in [0.25, 0.3) is 11.1 Å². The summed E-state index contributed by atoms with van der Waals surface area (Å²) < 4.78 is 5.43. The first-order chi connectivity index (χ1) is 14.4. The molecule has 0 atom stereocenters. The Morgan fingerprint density at radius 3 is 2.20 bits per heavy atom. The number of hydrogen-bond donors (Lipinski definition) is 2. The molecule has 2 N–H and O–H groups in total. The number of aliphatic carboxylic acids is 1. The second kappa shape index (κ2) is 9.26. The highest BCUT2D eigenvalue weighted by Gasteiger charge is 2.28. The van der Waals surface area contributed by atoms with E-state index >= 15 is 0 Å². The number of likely N-dealkylation sites (N-methyl/N-ethyl adjacent to an activating group) is 1. The van der Waals surface area contributed by atoms with E-state index in [-0.39, 0.29) is 25.6 Å². The van der Waals surface area contributed by atoms with Crippen LogP contribution < -0.4 is 5.32 Å². The number of fused-ring (bicyclic) bond motifs is 3. The predicted molar refractivity (Wildman–Crippen MR) is 112 cm³/mol. The number of rotatable bonds is 7. The van der Waals surface area contributed by atoms with Crippen molar-refractivity contribution in [2.75, 3.05) is 26.7 Å². The molecule has 0 unspecified atom stereocenters. The Kier molecular flexibility index (Phi) is 6.51. The molecule has 0 bridgehead atoms. The van der Waals surface area contributed by atoms with E-state index in [1.165, 1.54) is 13.1 Å². The first kappa shape index (κ1) is 21.1. The minimum Gasteiger partial charge on any atom is -0.480 e. The maximum absolute atomic E-state index is 12.1. The number of nitrogens with one attached hydrogen (secondary N) is 1. The molecule has 2 aromatic rings. The van der Waals surface area contributed by atoms with Crippen LogP contribution in [0.2, 0.25) is 0 Å². The molecule has 1 aliphatic rings. The molecule has 0 heterocycles. The van der Waals surface area contributed by atoms with Crippen LogP contribution in [0.15, 0.2) is 60.2 Å². The van der Waals surface area contributed by atoms with Gasteiger partial charge in [-0.1, -0.05) is 54.6 Å². The molecule has 1 aliphatic carbocycles. The van der Waals surface area contributed by atoms with Gasteiger partial charge in [0.1, 0.15) is 13.2 Å². The SMILES string of the molecule is C/C(=C\CNC(=O)OCC1c2ccccc2-c2ccccc21)C(=O)N(C)CC(=O)O. The van der Waals surface area contributed by atoms with Crippen LogP contribution in [0.5, 0.6) is 0 Å². The Bertz CT molecular complexity index is 953. The number of ether oxygens (including phenoxy) is 1. The highest BCUT2D eigenvalue weighted by atomic mass is 16.5. The summed E-state index contributed by atoms with van der Waals surface area (Å²) in [7, 11) is 1.41. The van der Waals surface area contributed by atoms with Crippen LogP contribution in [-0.4, -0.2) is 54.7 Å². The Balaban J connectivity index is 1.54. The maximum Gasteiger partial charge on any atom is 0.407 e. The van der Waals surface area contributed by atoms with Crippen molar-refractivity contribution in [2.24, 2.45) is 0 Å². The van der Waals surface area contributed by atoms with Crippen LogP contribution in [0.4, 0.5) is 4.79 Å². The molecular weight excluding hydrogens is 384 g/mol. The van der Waals surface area contributed by atoms with Crippen LogP contribution >= 0.6 is 0 Å². The van der Waals surface area contributed by atoms with Gasteiger partial charge >= 0.3 is 12.1 Å². The van der Waals surface area contributed by atoms with Gasteiger partial charge in [-0.2, -0.15) is 0 Å². The third-order valence-electron chi connectivity index (χ3n) is 5.05. The number of carboxylic acids is 1. The normalized spacial score (nSPS) is 12.7. The number of alkyl carbamates (subject to hydrolysis) is 1. The Morgan fingerprint density at radius 2 is 1.63 bits per heavy atom. The number of carbonyl (C=O) groups excluding carboxylic acids is 2. The van der Waals surface area contributed by atoms with Gasteiger partial charge in [-0.25, -0.2) is 4.79 Å². The Morgan fingerprint density at radius 1 is 1.07 bits per heavy atom. The van der Waals surface area contributed by atoms with Gasteiger partial charge in [0, 0.05) is 25.1 Å². The van der Waals surface area contributed by atoms with Crippen molar-refractivity contribution in [1.29, 1.82) is 0 Å². The highest BCUT2D eigenvalue weighted by molar-refractivity contribution is 5.94. The molecular formula is C23H24N2O5. The van der Waals surface area contributed by atoms with Crippen LogP contribution in [-0.2, 0) is 14.3 Å². The van der Waals surface area contributed by atoms with Gasteiger partial charge in [0.2, 0.25) is 5.91 Å². The summed E-state index contributed by atoms with van der Waals surface area (Å²) in [5.41, 5.74) is 4.93. The Hall–Kier alpha value is -3.61. The van der Waals surface area contributed by atoms with Gasteiger partial charge in [-0.3, -0.25) is 9.59 Å². The third kappa shape index (κ3) is 4.68. The third-order valence-corrected chi connectivity index (χ3v) is 5.05. The van der Waals surface area contributed by atoms with Crippen LogP contribution in [0.3, 0.4) is 0 Å². The zero-order chi connectivity index (χ0) is 21.7. The molecule has 7 nitrogen and oxygen atoms in total. The first-order valence-electron chi connectivity index (χ1n) is 9.61. The molecule has 7 heteroatoms. The van der Waals surface area contributed by atoms with Crippen LogP contribution in [0, 0.1) is 0 Å². The van der Waals surface area contributed by atoms with E-state index in [9.17, 15) is 14.4 Å². The largest absolute Gasteiger partial charge is 0.480 e. The minimum absolute atomic E-state index is 0.0216. The van der Waals surface area contributed by atoms with E-state index < -0.39 is 18.0 Å². The van der Waals surface area contributed by atoms with Crippen molar-refractivity contribution in [3.8, 4) is 11.1 Å². The van der Waals surface area contributed by atoms with Crippen molar-refractivity contribution >= 4 is 18.0 Å². The fourth-order valence-corrected chi connectivity index (χ4v) is 3.60. The molecule has 0 saturated heterocycles. The summed E-state index contributed by atoms with van der Waals surface area (Å²) in [5, 5.41) is 11.3. The lowest BCUT2D eigenvalue weighted by Crippen LogP contribution is -2.33. The highest BCUT2D eigenvalue weighted by Crippen LogP contribution is 2.44. The van der Waals surface area contributed by atoms with Crippen molar-refractivity contribution in [3.63, 3.8) is 0 Å². The van der Waals surface area contributed by atoms with Crippen molar-refractivity contribution in [2.45, 2.75) is 12.8 Å². The van der Waals surface area contributed by atoms with Gasteiger partial charge < -0.3 is 20.1 Å². The van der Waals surface area contributed by atoms with Gasteiger partial charge in [-0.05, 0) is 29.2 Å². The smallest absolute Gasteiger partial charge is 0.407 e. The standard InChI is InChI=1S/C23H24N2O5/c1-15(22(28)25(2)13-21(26)27)11-12-24-23(29)30-14-20-18-9-5-3-7-16(18)17-8-4-6-10-19(17)20/h3-11,20H,12-14H2,1-2H3,(H,24,29)(H,26,27)/b15-11+. The molecule has 2 amide bonds. The second-order valence-electron chi connectivity index (χ2n) is 7.15. The zero-order valence-electron chi connectivity index (χ0n) is 16.9. The Labute approximate surface area is 175 Å². The fraction of sp³-hybridized carbons (Fsp3) is 0.261. The second-order valence-corrected chi connectivity index (χ2v) is 7.15. The average Bonchev–Trinajstić information content (AvgIpc) is 3.05. The molecule has 2 aromatic carbocycles. The molecule has 0 aromatic heterocycles. The lowest BCUT2D eigenvalue weighted by atomic mass is 9.98. The lowest BCUT2D eigenvalue weighted by Gasteiger charge is -2.15. The van der Waals surface area contributed by atoms with Crippen LogP contribution in [0.1, 0.15) is 24.0 Å². The molecule has 0 fully saturated rings. The minimum atomic E-state index is -1.09. The summed E-state index contributed by atoms with van der Waals surface area (Å²) in [4.78, 5) is 35.9. The number of carboxylic acid groups (broad SMARTS) is 1. The molecule has 156 valence electrons. The van der Waals surface area contributed by atoms with Gasteiger partial charge in [0.15, 0.2) is 0 Å². The molecule has 0 saturated carbocycles. The first-order valence-corrected chi connectivity index (χ1v) is 9.61. The molecule has 30 heavy (non-hydrogen) atoms. The number of amides is 2. The molecule has 0 radical (unpaired) electrons. The van der Waals surface area contributed by atoms with E-state index in [1.807, 2.05) is 36.4 Å². The van der Waals surface area contributed by atoms with Crippen molar-refractivity contribution in [1.82, 2.24) is 10.2 Å². The van der Waals surface area contributed by atoms with Gasteiger partial charge in [0.05, 0.1) is 0 Å². The van der Waals surface area contributed by atoms with E-state index in [0.29, 0.717) is 5.57 Å². The zero-order valence-corrected chi connectivity index (χ0v) is 16.9. The molecule has 3 rings (SSSR count). The molecule has 0 spiro atoms. The predicted octanol–water partition coefficient (Wildman–Crippen LogP) is 3.01. The number of carbonyl (C=O) groups is 3. The van der Waals surface area contributed by atoms with Crippen molar-refractivity contribution in [3.05, 3.63) is 71.3 Å². The van der Waals surface area contributed by atoms with E-state index in [2.05, 4.69) is 17.4 Å². The van der Waals surface area contributed by atoms with Gasteiger partial charge in [0.25, 0.3) is 0 Å². The van der Waals surface area contributed by atoms with Gasteiger partial charge in [-0.15, -0.1) is 0 Å². The van der Waals surface area contributed by atoms with E-state index in [0.717, 1.165) is 27.2 Å². The lowest BCUT2D eigenvalue weighted by molar-refractivity contribution is -0.142. The number of benzene rings is 2. The van der Waals surface area contributed by atoms with E-state index in [4.69, 9.17) is 9.84 Å². The summed E-state index contributed by atoms with van der Waals surface area (Å²) >= 11 is 0. The monoisotopic (exact) mass is 408 g/mol. The topological polar surface area (TPSA) is 95.9 Å². The summed E-state index contributed by atoms with van der Waals surface area (Å²) in [6, 6.07) is 16.2. The average molecular weight is 408 g/mol. The fourth-order valence-electron chi connectivity index (χ4n) is 3.60. The van der Waals surface area contributed by atoms with E-state index in [1.54, 1.807) is 6.92 Å². The molecule has 0 aliphatic heterocycles. The van der Waals surface area contributed by atoms with Crippen molar-refractivity contribution < 1.29 is 24.2 Å².